The third-order valence-electron chi connectivity index (χ3n) is 3.42. The number of aliphatic hydroxyl groups excluding tert-OH is 1. The van der Waals surface area contributed by atoms with E-state index in [1.165, 1.54) is 5.56 Å². The van der Waals surface area contributed by atoms with Crippen LogP contribution < -0.4 is 0 Å². The first-order valence-corrected chi connectivity index (χ1v) is 6.11. The van der Waals surface area contributed by atoms with E-state index in [0.29, 0.717) is 5.92 Å². The van der Waals surface area contributed by atoms with E-state index in [1.807, 2.05) is 18.2 Å². The van der Waals surface area contributed by atoms with Gasteiger partial charge in [-0.1, -0.05) is 58.0 Å². The van der Waals surface area contributed by atoms with Crippen LogP contribution in [0.3, 0.4) is 0 Å². The van der Waals surface area contributed by atoms with Crippen molar-refractivity contribution < 1.29 is 5.11 Å². The molecule has 0 bridgehead atoms. The molecule has 1 aromatic rings. The molecule has 2 unspecified atom stereocenters. The summed E-state index contributed by atoms with van der Waals surface area (Å²) in [5.74, 6) is 0.534. The second-order valence-corrected chi connectivity index (χ2v) is 5.85. The van der Waals surface area contributed by atoms with E-state index in [2.05, 4.69) is 39.8 Å². The summed E-state index contributed by atoms with van der Waals surface area (Å²) in [4.78, 5) is 0. The Morgan fingerprint density at radius 2 is 1.69 bits per heavy atom. The standard InChI is InChI=1S/C15H24O/c1-12(15(2,3)4)10-14(16)11-13-8-6-5-7-9-13/h5-9,12,14,16H,10-11H2,1-4H3. The van der Waals surface area contributed by atoms with Crippen LogP contribution in [-0.4, -0.2) is 11.2 Å². The van der Waals surface area contributed by atoms with E-state index >= 15 is 0 Å². The molecule has 0 heterocycles. The Kier molecular flexibility index (Phi) is 4.55. The van der Waals surface area contributed by atoms with E-state index in [-0.39, 0.29) is 11.5 Å². The first-order chi connectivity index (χ1) is 7.39. The van der Waals surface area contributed by atoms with Crippen molar-refractivity contribution in [2.24, 2.45) is 11.3 Å². The second-order valence-electron chi connectivity index (χ2n) is 5.85. The number of benzene rings is 1. The monoisotopic (exact) mass is 220 g/mol. The molecule has 1 N–H and O–H groups in total. The number of rotatable bonds is 4. The van der Waals surface area contributed by atoms with Gasteiger partial charge >= 0.3 is 0 Å². The Balaban J connectivity index is 2.45. The summed E-state index contributed by atoms with van der Waals surface area (Å²) >= 11 is 0. The zero-order valence-electron chi connectivity index (χ0n) is 10.9. The maximum Gasteiger partial charge on any atom is 0.0583 e. The Labute approximate surface area is 99.5 Å². The summed E-state index contributed by atoms with van der Waals surface area (Å²) < 4.78 is 0. The quantitative estimate of drug-likeness (QED) is 0.821. The van der Waals surface area contributed by atoms with Crippen LogP contribution in [0.5, 0.6) is 0 Å². The van der Waals surface area contributed by atoms with E-state index in [9.17, 15) is 5.11 Å². The van der Waals surface area contributed by atoms with Crippen LogP contribution in [0, 0.1) is 11.3 Å². The van der Waals surface area contributed by atoms with Gasteiger partial charge in [0.05, 0.1) is 6.10 Å². The largest absolute Gasteiger partial charge is 0.393 e. The molecule has 0 aliphatic rings. The smallest absolute Gasteiger partial charge is 0.0583 e. The molecule has 16 heavy (non-hydrogen) atoms. The van der Waals surface area contributed by atoms with Crippen LogP contribution in [-0.2, 0) is 6.42 Å². The van der Waals surface area contributed by atoms with Gasteiger partial charge in [0, 0.05) is 0 Å². The molecule has 0 amide bonds. The van der Waals surface area contributed by atoms with E-state index in [1.54, 1.807) is 0 Å². The van der Waals surface area contributed by atoms with Gasteiger partial charge in [-0.15, -0.1) is 0 Å². The van der Waals surface area contributed by atoms with Crippen molar-refractivity contribution in [3.8, 4) is 0 Å². The first-order valence-electron chi connectivity index (χ1n) is 6.11. The zero-order chi connectivity index (χ0) is 12.2. The topological polar surface area (TPSA) is 20.2 Å². The van der Waals surface area contributed by atoms with Crippen molar-refractivity contribution in [3.05, 3.63) is 35.9 Å². The molecule has 0 spiro atoms. The first kappa shape index (κ1) is 13.2. The number of aliphatic hydroxyl groups is 1. The average Bonchev–Trinajstić information content (AvgIpc) is 2.17. The molecule has 0 radical (unpaired) electrons. The molecule has 2 atom stereocenters. The van der Waals surface area contributed by atoms with Crippen molar-refractivity contribution in [1.29, 1.82) is 0 Å². The van der Waals surface area contributed by atoms with Gasteiger partial charge in [-0.05, 0) is 29.7 Å². The fourth-order valence-corrected chi connectivity index (χ4v) is 1.73. The minimum Gasteiger partial charge on any atom is -0.393 e. The lowest BCUT2D eigenvalue weighted by atomic mass is 9.78. The molecule has 1 heteroatoms. The summed E-state index contributed by atoms with van der Waals surface area (Å²) in [5.41, 5.74) is 1.49. The highest BCUT2D eigenvalue weighted by molar-refractivity contribution is 5.15. The minimum absolute atomic E-state index is 0.225. The predicted molar refractivity (Wildman–Crippen MR) is 69.4 cm³/mol. The molecular formula is C15H24O. The number of hydrogen-bond donors (Lipinski definition) is 1. The molecule has 0 saturated heterocycles. The highest BCUT2D eigenvalue weighted by atomic mass is 16.3. The van der Waals surface area contributed by atoms with Crippen LogP contribution >= 0.6 is 0 Å². The van der Waals surface area contributed by atoms with Gasteiger partial charge in [-0.2, -0.15) is 0 Å². The van der Waals surface area contributed by atoms with Gasteiger partial charge in [0.25, 0.3) is 0 Å². The van der Waals surface area contributed by atoms with Crippen LogP contribution in [0.1, 0.15) is 39.7 Å². The van der Waals surface area contributed by atoms with Gasteiger partial charge in [-0.25, -0.2) is 0 Å². The summed E-state index contributed by atoms with van der Waals surface area (Å²) in [6.07, 6.45) is 1.41. The van der Waals surface area contributed by atoms with Crippen molar-refractivity contribution in [2.75, 3.05) is 0 Å². The molecule has 0 fully saturated rings. The van der Waals surface area contributed by atoms with Crippen molar-refractivity contribution >= 4 is 0 Å². The lowest BCUT2D eigenvalue weighted by molar-refractivity contribution is 0.110. The SMILES string of the molecule is CC(CC(O)Cc1ccccc1)C(C)(C)C. The van der Waals surface area contributed by atoms with Gasteiger partial charge in [0.15, 0.2) is 0 Å². The third kappa shape index (κ3) is 4.36. The lowest BCUT2D eigenvalue weighted by Gasteiger charge is -2.29. The lowest BCUT2D eigenvalue weighted by Crippen LogP contribution is -2.24. The highest BCUT2D eigenvalue weighted by Gasteiger charge is 2.22. The normalized spacial score (nSPS) is 15.8. The van der Waals surface area contributed by atoms with E-state index in [4.69, 9.17) is 0 Å². The maximum absolute atomic E-state index is 10.0. The molecule has 90 valence electrons. The van der Waals surface area contributed by atoms with Gasteiger partial charge < -0.3 is 5.11 Å². The zero-order valence-corrected chi connectivity index (χ0v) is 10.9. The fraction of sp³-hybridized carbons (Fsp3) is 0.600. The Morgan fingerprint density at radius 3 is 2.19 bits per heavy atom. The Bertz CT molecular complexity index is 297. The number of hydrogen-bond acceptors (Lipinski definition) is 1. The fourth-order valence-electron chi connectivity index (χ4n) is 1.73. The van der Waals surface area contributed by atoms with Gasteiger partial charge in [-0.3, -0.25) is 0 Å². The van der Waals surface area contributed by atoms with E-state index < -0.39 is 0 Å². The molecule has 1 aromatic carbocycles. The van der Waals surface area contributed by atoms with Crippen LogP contribution in [0.15, 0.2) is 30.3 Å². The predicted octanol–water partition coefficient (Wildman–Crippen LogP) is 3.66. The molecule has 0 aliphatic heterocycles. The van der Waals surface area contributed by atoms with E-state index in [0.717, 1.165) is 12.8 Å². The van der Waals surface area contributed by atoms with Crippen LogP contribution in [0.25, 0.3) is 0 Å². The third-order valence-corrected chi connectivity index (χ3v) is 3.42. The molecule has 0 aromatic heterocycles. The average molecular weight is 220 g/mol. The summed E-state index contributed by atoms with van der Waals surface area (Å²) in [7, 11) is 0. The van der Waals surface area contributed by atoms with Crippen molar-refractivity contribution in [2.45, 2.75) is 46.6 Å². The van der Waals surface area contributed by atoms with Crippen molar-refractivity contribution in [1.82, 2.24) is 0 Å². The molecule has 0 saturated carbocycles. The minimum atomic E-state index is -0.225. The summed E-state index contributed by atoms with van der Waals surface area (Å²) in [6, 6.07) is 10.2. The van der Waals surface area contributed by atoms with Crippen LogP contribution in [0.4, 0.5) is 0 Å². The molecular weight excluding hydrogens is 196 g/mol. The second kappa shape index (κ2) is 5.49. The Morgan fingerprint density at radius 1 is 1.12 bits per heavy atom. The molecule has 0 aliphatic carbocycles. The van der Waals surface area contributed by atoms with Crippen LogP contribution in [0.2, 0.25) is 0 Å². The summed E-state index contributed by atoms with van der Waals surface area (Å²) in [6.45, 7) is 8.90. The summed E-state index contributed by atoms with van der Waals surface area (Å²) in [5, 5.41) is 10.0. The molecule has 1 nitrogen and oxygen atoms in total. The van der Waals surface area contributed by atoms with Gasteiger partial charge in [0.2, 0.25) is 0 Å². The molecule has 1 rings (SSSR count). The Hall–Kier alpha value is -0.820. The van der Waals surface area contributed by atoms with Crippen molar-refractivity contribution in [3.63, 3.8) is 0 Å². The maximum atomic E-state index is 10.0. The highest BCUT2D eigenvalue weighted by Crippen LogP contribution is 2.29. The van der Waals surface area contributed by atoms with Gasteiger partial charge in [0.1, 0.15) is 0 Å².